The predicted molar refractivity (Wildman–Crippen MR) is 84.9 cm³/mol. The van der Waals surface area contributed by atoms with E-state index in [9.17, 15) is 10.1 Å². The van der Waals surface area contributed by atoms with Crippen LogP contribution in [0.1, 0.15) is 28.8 Å². The van der Waals surface area contributed by atoms with Crippen molar-refractivity contribution in [1.82, 2.24) is 20.1 Å². The minimum atomic E-state index is -0.119. The highest BCUT2D eigenvalue weighted by Gasteiger charge is 2.24. The van der Waals surface area contributed by atoms with Gasteiger partial charge in [0, 0.05) is 38.6 Å². The summed E-state index contributed by atoms with van der Waals surface area (Å²) in [4.78, 5) is 18.6. The van der Waals surface area contributed by atoms with Gasteiger partial charge in [-0.3, -0.25) is 9.48 Å². The van der Waals surface area contributed by atoms with Crippen molar-refractivity contribution in [3.63, 3.8) is 0 Å². The molecule has 118 valence electrons. The Labute approximate surface area is 134 Å². The van der Waals surface area contributed by atoms with E-state index in [0.717, 1.165) is 19.4 Å². The van der Waals surface area contributed by atoms with Crippen LogP contribution in [0.15, 0.2) is 30.7 Å². The lowest BCUT2D eigenvalue weighted by molar-refractivity contribution is 0.0933. The third kappa shape index (κ3) is 3.31. The molecular formula is C16H18N6O. The van der Waals surface area contributed by atoms with E-state index in [1.807, 2.05) is 0 Å². The van der Waals surface area contributed by atoms with Gasteiger partial charge in [-0.25, -0.2) is 4.98 Å². The predicted octanol–water partition coefficient (Wildman–Crippen LogP) is 1.09. The van der Waals surface area contributed by atoms with Crippen molar-refractivity contribution in [1.29, 1.82) is 5.26 Å². The van der Waals surface area contributed by atoms with Crippen molar-refractivity contribution < 1.29 is 4.79 Å². The van der Waals surface area contributed by atoms with Crippen LogP contribution in [0.4, 0.5) is 5.82 Å². The minimum Gasteiger partial charge on any atom is -0.353 e. The maximum Gasteiger partial charge on any atom is 0.254 e. The van der Waals surface area contributed by atoms with E-state index in [-0.39, 0.29) is 11.9 Å². The summed E-state index contributed by atoms with van der Waals surface area (Å²) in [5.74, 6) is 0.571. The number of nitriles is 1. The van der Waals surface area contributed by atoms with Gasteiger partial charge in [-0.15, -0.1) is 0 Å². The van der Waals surface area contributed by atoms with E-state index >= 15 is 0 Å². The van der Waals surface area contributed by atoms with E-state index in [1.54, 1.807) is 42.5 Å². The Morgan fingerprint density at radius 2 is 2.39 bits per heavy atom. The van der Waals surface area contributed by atoms with Crippen molar-refractivity contribution in [2.45, 2.75) is 18.9 Å². The summed E-state index contributed by atoms with van der Waals surface area (Å²) >= 11 is 0. The fourth-order valence-corrected chi connectivity index (χ4v) is 2.83. The first-order chi connectivity index (χ1) is 11.2. The first-order valence-corrected chi connectivity index (χ1v) is 7.57. The number of piperidine rings is 1. The fourth-order valence-electron chi connectivity index (χ4n) is 2.83. The maximum absolute atomic E-state index is 12.2. The molecular weight excluding hydrogens is 292 g/mol. The number of amides is 1. The normalized spacial score (nSPS) is 17.6. The number of rotatable bonds is 3. The number of carbonyl (C=O) groups excluding carboxylic acids is 1. The van der Waals surface area contributed by atoms with Gasteiger partial charge < -0.3 is 10.2 Å². The Kier molecular flexibility index (Phi) is 4.24. The Bertz CT molecular complexity index is 747. The van der Waals surface area contributed by atoms with Crippen LogP contribution in [0.5, 0.6) is 0 Å². The molecule has 1 N–H and O–H groups in total. The second kappa shape index (κ2) is 6.48. The SMILES string of the molecule is Cn1cc(C(=O)NC2CCCN(c3ncccc3C#N)C2)cn1. The molecule has 1 fully saturated rings. The first-order valence-electron chi connectivity index (χ1n) is 7.57. The number of aromatic nitrogens is 3. The molecule has 0 aliphatic carbocycles. The van der Waals surface area contributed by atoms with Gasteiger partial charge in [0.1, 0.15) is 11.9 Å². The topological polar surface area (TPSA) is 86.8 Å². The van der Waals surface area contributed by atoms with Gasteiger partial charge in [-0.1, -0.05) is 0 Å². The molecule has 1 aliphatic rings. The molecule has 2 aromatic rings. The third-order valence-corrected chi connectivity index (χ3v) is 3.93. The van der Waals surface area contributed by atoms with E-state index in [4.69, 9.17) is 0 Å². The van der Waals surface area contributed by atoms with E-state index in [0.29, 0.717) is 23.5 Å². The van der Waals surface area contributed by atoms with Gasteiger partial charge >= 0.3 is 0 Å². The van der Waals surface area contributed by atoms with Crippen molar-refractivity contribution in [3.05, 3.63) is 41.9 Å². The number of anilines is 1. The summed E-state index contributed by atoms with van der Waals surface area (Å²) in [5.41, 5.74) is 1.12. The molecule has 3 heterocycles. The summed E-state index contributed by atoms with van der Waals surface area (Å²) in [5, 5.41) is 16.3. The van der Waals surface area contributed by atoms with E-state index < -0.39 is 0 Å². The zero-order chi connectivity index (χ0) is 16.2. The van der Waals surface area contributed by atoms with Crippen LogP contribution in [0, 0.1) is 11.3 Å². The summed E-state index contributed by atoms with van der Waals surface area (Å²) in [6, 6.07) is 5.73. The van der Waals surface area contributed by atoms with Crippen LogP contribution >= 0.6 is 0 Å². The molecule has 0 saturated carbocycles. The Balaban J connectivity index is 1.69. The summed E-state index contributed by atoms with van der Waals surface area (Å²) in [6.45, 7) is 1.49. The van der Waals surface area contributed by atoms with Gasteiger partial charge in [0.2, 0.25) is 0 Å². The van der Waals surface area contributed by atoms with E-state index in [2.05, 4.69) is 26.4 Å². The van der Waals surface area contributed by atoms with Crippen LogP contribution < -0.4 is 10.2 Å². The standard InChI is InChI=1S/C16H18N6O/c1-21-10-13(9-19-21)16(23)20-14-5-3-7-22(11-14)15-12(8-17)4-2-6-18-15/h2,4,6,9-10,14H,3,5,7,11H2,1H3,(H,20,23). The van der Waals surface area contributed by atoms with E-state index in [1.165, 1.54) is 0 Å². The van der Waals surface area contributed by atoms with Crippen molar-refractivity contribution in [2.24, 2.45) is 7.05 Å². The number of hydrogen-bond donors (Lipinski definition) is 1. The molecule has 0 aromatic carbocycles. The van der Waals surface area contributed by atoms with Gasteiger partial charge in [0.25, 0.3) is 5.91 Å². The number of aryl methyl sites for hydroxylation is 1. The zero-order valence-corrected chi connectivity index (χ0v) is 12.9. The van der Waals surface area contributed by atoms with Crippen LogP contribution in [0.2, 0.25) is 0 Å². The molecule has 1 amide bonds. The number of nitrogens with one attached hydrogen (secondary N) is 1. The Morgan fingerprint density at radius 1 is 1.52 bits per heavy atom. The van der Waals surface area contributed by atoms with Crippen molar-refractivity contribution in [2.75, 3.05) is 18.0 Å². The first kappa shape index (κ1) is 15.0. The van der Waals surface area contributed by atoms with Crippen LogP contribution in [0.25, 0.3) is 0 Å². The monoisotopic (exact) mass is 310 g/mol. The summed E-state index contributed by atoms with van der Waals surface area (Å²) in [6.07, 6.45) is 6.80. The van der Waals surface area contributed by atoms with Crippen molar-refractivity contribution in [3.8, 4) is 6.07 Å². The molecule has 1 unspecified atom stereocenters. The Morgan fingerprint density at radius 3 is 3.13 bits per heavy atom. The second-order valence-corrected chi connectivity index (χ2v) is 5.65. The number of pyridine rings is 1. The molecule has 0 spiro atoms. The molecule has 7 nitrogen and oxygen atoms in total. The number of hydrogen-bond acceptors (Lipinski definition) is 5. The van der Waals surface area contributed by atoms with Gasteiger partial charge in [0.05, 0.1) is 17.3 Å². The number of nitrogens with zero attached hydrogens (tertiary/aromatic N) is 5. The quantitative estimate of drug-likeness (QED) is 0.917. The highest BCUT2D eigenvalue weighted by Crippen LogP contribution is 2.21. The van der Waals surface area contributed by atoms with Crippen LogP contribution in [-0.2, 0) is 7.05 Å². The van der Waals surface area contributed by atoms with Gasteiger partial charge in [-0.05, 0) is 25.0 Å². The molecule has 3 rings (SSSR count). The molecule has 7 heteroatoms. The van der Waals surface area contributed by atoms with Crippen LogP contribution in [0.3, 0.4) is 0 Å². The van der Waals surface area contributed by atoms with Crippen LogP contribution in [-0.4, -0.2) is 39.8 Å². The molecule has 2 aromatic heterocycles. The summed E-state index contributed by atoms with van der Waals surface area (Å²) in [7, 11) is 1.78. The van der Waals surface area contributed by atoms with Gasteiger partial charge in [0.15, 0.2) is 0 Å². The zero-order valence-electron chi connectivity index (χ0n) is 12.9. The maximum atomic E-state index is 12.2. The Hall–Kier alpha value is -2.88. The lowest BCUT2D eigenvalue weighted by Crippen LogP contribution is -2.48. The minimum absolute atomic E-state index is 0.0324. The number of carbonyl (C=O) groups is 1. The highest BCUT2D eigenvalue weighted by molar-refractivity contribution is 5.93. The fraction of sp³-hybridized carbons (Fsp3) is 0.375. The molecule has 0 radical (unpaired) electrons. The summed E-state index contributed by atoms with van der Waals surface area (Å²) < 4.78 is 1.61. The molecule has 1 saturated heterocycles. The smallest absolute Gasteiger partial charge is 0.254 e. The van der Waals surface area contributed by atoms with Gasteiger partial charge in [-0.2, -0.15) is 10.4 Å². The molecule has 1 aliphatic heterocycles. The largest absolute Gasteiger partial charge is 0.353 e. The lowest BCUT2D eigenvalue weighted by atomic mass is 10.0. The third-order valence-electron chi connectivity index (χ3n) is 3.93. The molecule has 0 bridgehead atoms. The van der Waals surface area contributed by atoms with Crippen molar-refractivity contribution >= 4 is 11.7 Å². The molecule has 23 heavy (non-hydrogen) atoms. The lowest BCUT2D eigenvalue weighted by Gasteiger charge is -2.34. The molecule has 1 atom stereocenters. The highest BCUT2D eigenvalue weighted by atomic mass is 16.1. The average Bonchev–Trinajstić information content (AvgIpc) is 3.02. The average molecular weight is 310 g/mol. The second-order valence-electron chi connectivity index (χ2n) is 5.65.